The highest BCUT2D eigenvalue weighted by atomic mass is 16.6. The van der Waals surface area contributed by atoms with E-state index < -0.39 is 80.0 Å². The number of ether oxygens (including phenoxy) is 3. The van der Waals surface area contributed by atoms with Crippen molar-refractivity contribution in [3.05, 3.63) is 0 Å². The van der Waals surface area contributed by atoms with E-state index in [1.165, 1.54) is 103 Å². The average molecular weight is 799 g/mol. The quantitative estimate of drug-likeness (QED) is 0.0206. The molecule has 0 aromatic carbocycles. The average Bonchev–Trinajstić information content (AvgIpc) is 3.18. The Morgan fingerprint density at radius 3 is 1.36 bits per heavy atom. The molecule has 0 rings (SSSR count). The first-order valence-electron chi connectivity index (χ1n) is 22.0. The molecule has 0 aliphatic heterocycles. The third-order valence-electron chi connectivity index (χ3n) is 9.78. The second kappa shape index (κ2) is 37.7. The van der Waals surface area contributed by atoms with Crippen molar-refractivity contribution in [1.29, 1.82) is 0 Å². The van der Waals surface area contributed by atoms with Crippen molar-refractivity contribution in [2.24, 2.45) is 5.73 Å². The monoisotopic (exact) mass is 799 g/mol. The third kappa shape index (κ3) is 33.3. The first-order valence-corrected chi connectivity index (χ1v) is 22.0. The van der Waals surface area contributed by atoms with Gasteiger partial charge in [-0.2, -0.15) is 0 Å². The molecule has 0 aliphatic rings. The van der Waals surface area contributed by atoms with Gasteiger partial charge in [-0.3, -0.25) is 19.2 Å². The summed E-state index contributed by atoms with van der Waals surface area (Å²) in [6.07, 6.45) is 25.3. The summed E-state index contributed by atoms with van der Waals surface area (Å²) in [5.74, 6) is -4.86. The minimum Gasteiger partial charge on any atom is -0.461 e. The van der Waals surface area contributed by atoms with Crippen LogP contribution < -0.4 is 11.1 Å². The van der Waals surface area contributed by atoms with Crippen molar-refractivity contribution in [3.63, 3.8) is 0 Å². The number of carbonyl (C=O) groups excluding carboxylic acids is 6. The summed E-state index contributed by atoms with van der Waals surface area (Å²) in [5.41, 5.74) is 5.78. The second-order valence-electron chi connectivity index (χ2n) is 15.2. The largest absolute Gasteiger partial charge is 0.461 e. The van der Waals surface area contributed by atoms with Crippen molar-refractivity contribution >= 4 is 35.8 Å². The Labute approximate surface area is 337 Å². The zero-order chi connectivity index (χ0) is 41.7. The Kier molecular flexibility index (Phi) is 35.7. The number of nitrogens with one attached hydrogen (secondary N) is 1. The number of aliphatic hydroxyl groups excluding tert-OH is 2. The maximum absolute atomic E-state index is 12.7. The van der Waals surface area contributed by atoms with E-state index in [1.54, 1.807) is 0 Å². The van der Waals surface area contributed by atoms with Gasteiger partial charge in [0.1, 0.15) is 24.8 Å². The van der Waals surface area contributed by atoms with Gasteiger partial charge in [-0.25, -0.2) is 9.59 Å². The van der Waals surface area contributed by atoms with E-state index >= 15 is 0 Å². The number of hydrogen-bond donors (Lipinski definition) is 4. The lowest BCUT2D eigenvalue weighted by Crippen LogP contribution is -2.43. The Hall–Kier alpha value is -2.90. The van der Waals surface area contributed by atoms with Gasteiger partial charge in [0.2, 0.25) is 5.91 Å². The molecule has 326 valence electrons. The lowest BCUT2D eigenvalue weighted by molar-refractivity contribution is -0.160. The third-order valence-corrected chi connectivity index (χ3v) is 9.78. The molecule has 0 saturated heterocycles. The summed E-state index contributed by atoms with van der Waals surface area (Å²) in [4.78, 5) is 74.2. The molecule has 0 aliphatic carbocycles. The normalized spacial score (nSPS) is 12.7. The molecule has 56 heavy (non-hydrogen) atoms. The molecular formula is C43H78N2O11. The van der Waals surface area contributed by atoms with Crippen molar-refractivity contribution < 1.29 is 53.2 Å². The molecule has 1 unspecified atom stereocenters. The maximum Gasteiger partial charge on any atom is 0.330 e. The molecule has 0 aromatic heterocycles. The number of esters is 5. The first kappa shape index (κ1) is 53.1. The highest BCUT2D eigenvalue weighted by Crippen LogP contribution is 2.15. The Morgan fingerprint density at radius 2 is 0.911 bits per heavy atom. The summed E-state index contributed by atoms with van der Waals surface area (Å²) in [5, 5.41) is 21.2. The second-order valence-corrected chi connectivity index (χ2v) is 15.2. The van der Waals surface area contributed by atoms with Gasteiger partial charge in [-0.05, 0) is 25.7 Å². The fraction of sp³-hybridized carbons (Fsp3) is 0.860. The Morgan fingerprint density at radius 1 is 0.518 bits per heavy atom. The number of carbonyl (C=O) groups is 6. The van der Waals surface area contributed by atoms with Crippen LogP contribution in [0, 0.1) is 0 Å². The van der Waals surface area contributed by atoms with E-state index in [2.05, 4.69) is 19.2 Å². The van der Waals surface area contributed by atoms with Crippen molar-refractivity contribution in [2.75, 3.05) is 13.2 Å². The summed E-state index contributed by atoms with van der Waals surface area (Å²) in [6, 6.07) is -2.51. The van der Waals surface area contributed by atoms with Crippen LogP contribution in [0.15, 0.2) is 0 Å². The summed E-state index contributed by atoms with van der Waals surface area (Å²) in [7, 11) is 0. The van der Waals surface area contributed by atoms with Gasteiger partial charge in [0.05, 0.1) is 6.61 Å². The number of aliphatic hydroxyl groups is 2. The highest BCUT2D eigenvalue weighted by Gasteiger charge is 2.26. The summed E-state index contributed by atoms with van der Waals surface area (Å²) >= 11 is 0. The molecule has 13 nitrogen and oxygen atoms in total. The topological polar surface area (TPSA) is 209 Å². The molecule has 0 fully saturated rings. The molecule has 0 radical (unpaired) electrons. The van der Waals surface area contributed by atoms with Crippen LogP contribution in [-0.4, -0.2) is 77.4 Å². The zero-order valence-electron chi connectivity index (χ0n) is 35.0. The summed E-state index contributed by atoms with van der Waals surface area (Å²) in [6.45, 7) is 3.28. The fourth-order valence-corrected chi connectivity index (χ4v) is 6.21. The van der Waals surface area contributed by atoms with Crippen LogP contribution in [0.3, 0.4) is 0 Å². The van der Waals surface area contributed by atoms with E-state index in [0.29, 0.717) is 12.8 Å². The molecule has 0 aromatic rings. The van der Waals surface area contributed by atoms with Crippen LogP contribution >= 0.6 is 0 Å². The van der Waals surface area contributed by atoms with Crippen LogP contribution in [0.4, 0.5) is 0 Å². The fourth-order valence-electron chi connectivity index (χ4n) is 6.21. The highest BCUT2D eigenvalue weighted by molar-refractivity contribution is 5.89. The van der Waals surface area contributed by atoms with Gasteiger partial charge in [-0.1, -0.05) is 155 Å². The van der Waals surface area contributed by atoms with E-state index in [0.717, 1.165) is 38.5 Å². The summed E-state index contributed by atoms with van der Waals surface area (Å²) < 4.78 is 14.6. The lowest BCUT2D eigenvalue weighted by Gasteiger charge is -2.18. The molecule has 13 heteroatoms. The Balaban J connectivity index is 4.41. The van der Waals surface area contributed by atoms with Gasteiger partial charge in [-0.15, -0.1) is 0 Å². The van der Waals surface area contributed by atoms with Gasteiger partial charge < -0.3 is 35.5 Å². The van der Waals surface area contributed by atoms with Crippen molar-refractivity contribution in [2.45, 2.75) is 225 Å². The van der Waals surface area contributed by atoms with E-state index in [-0.39, 0.29) is 25.7 Å². The smallest absolute Gasteiger partial charge is 0.330 e. The van der Waals surface area contributed by atoms with E-state index in [4.69, 9.17) is 25.1 Å². The van der Waals surface area contributed by atoms with Gasteiger partial charge >= 0.3 is 29.8 Å². The first-order chi connectivity index (χ1) is 27.0. The molecule has 5 N–H and O–H groups in total. The number of rotatable bonds is 38. The number of amides is 1. The van der Waals surface area contributed by atoms with Crippen LogP contribution in [0.2, 0.25) is 0 Å². The maximum atomic E-state index is 12.7. The lowest BCUT2D eigenvalue weighted by atomic mass is 10.0. The van der Waals surface area contributed by atoms with Gasteiger partial charge in [0.15, 0.2) is 0 Å². The number of unbranched alkanes of at least 4 members (excludes halogenated alkanes) is 22. The van der Waals surface area contributed by atoms with Crippen LogP contribution in [-0.2, 0) is 43.0 Å². The molecule has 3 atom stereocenters. The van der Waals surface area contributed by atoms with E-state index in [9.17, 15) is 33.9 Å². The standard InChI is InChI=1S/C43H78N2O11/c1-3-5-7-9-11-13-14-15-16-17-18-20-21-23-25-27-38(48)45-37(43(53)54-34-35(47)33-46)30-32-41(51)55-40(50)31-29-36(44)42(52)56-39(49)28-26-24-22-19-12-10-8-6-4-2/h35-37,46-47H,3-34,44H2,1-2H3,(H,45,48)/t35?,36-,37-/m0/s1. The van der Waals surface area contributed by atoms with Crippen molar-refractivity contribution in [3.8, 4) is 0 Å². The molecule has 1 amide bonds. The number of nitrogens with two attached hydrogens (primary N) is 1. The molecule has 0 saturated carbocycles. The minimum absolute atomic E-state index is 0.0986. The predicted octanol–water partition coefficient (Wildman–Crippen LogP) is 7.58. The SMILES string of the molecule is CCCCCCCCCCCCCCCCCC(=O)N[C@@H](CCC(=O)OC(=O)CC[C@H](N)C(=O)OC(=O)CCCCCCCCCCC)C(=O)OCC(O)CO. The molecule has 0 heterocycles. The minimum atomic E-state index is -1.31. The van der Waals surface area contributed by atoms with Crippen LogP contribution in [0.5, 0.6) is 0 Å². The molecule has 0 bridgehead atoms. The van der Waals surface area contributed by atoms with Gasteiger partial charge in [0, 0.05) is 25.7 Å². The van der Waals surface area contributed by atoms with Gasteiger partial charge in [0.25, 0.3) is 0 Å². The Bertz CT molecular complexity index is 1050. The van der Waals surface area contributed by atoms with Crippen LogP contribution in [0.1, 0.15) is 206 Å². The van der Waals surface area contributed by atoms with Crippen LogP contribution in [0.25, 0.3) is 0 Å². The molecular weight excluding hydrogens is 720 g/mol. The van der Waals surface area contributed by atoms with E-state index in [1.807, 2.05) is 0 Å². The van der Waals surface area contributed by atoms with Crippen molar-refractivity contribution in [1.82, 2.24) is 5.32 Å². The number of hydrogen-bond acceptors (Lipinski definition) is 12. The predicted molar refractivity (Wildman–Crippen MR) is 216 cm³/mol. The molecule has 0 spiro atoms. The zero-order valence-corrected chi connectivity index (χ0v) is 35.0.